The molecule has 110 valence electrons. The summed E-state index contributed by atoms with van der Waals surface area (Å²) in [5.74, 6) is -0.251. The van der Waals surface area contributed by atoms with Gasteiger partial charge in [-0.1, -0.05) is 18.5 Å². The molecule has 1 heterocycles. The topological polar surface area (TPSA) is 32.3 Å². The Kier molecular flexibility index (Phi) is 5.38. The van der Waals surface area contributed by atoms with Gasteiger partial charge in [0, 0.05) is 24.7 Å². The fourth-order valence-electron chi connectivity index (χ4n) is 2.59. The molecule has 1 fully saturated rings. The highest BCUT2D eigenvalue weighted by Gasteiger charge is 2.16. The number of rotatable bonds is 4. The van der Waals surface area contributed by atoms with Crippen LogP contribution in [0.4, 0.5) is 4.39 Å². The molecule has 20 heavy (non-hydrogen) atoms. The first-order valence-corrected chi connectivity index (χ1v) is 7.39. The lowest BCUT2D eigenvalue weighted by Gasteiger charge is -2.30. The molecule has 1 atom stereocenters. The Morgan fingerprint density at radius 2 is 2.35 bits per heavy atom. The zero-order valence-corrected chi connectivity index (χ0v) is 12.4. The van der Waals surface area contributed by atoms with Crippen LogP contribution >= 0.6 is 11.6 Å². The maximum absolute atomic E-state index is 13.6. The fraction of sp³-hybridized carbons (Fsp3) is 0.533. The van der Waals surface area contributed by atoms with Crippen molar-refractivity contribution in [3.63, 3.8) is 0 Å². The Balaban J connectivity index is 1.80. The summed E-state index contributed by atoms with van der Waals surface area (Å²) in [5.41, 5.74) is 0.0430. The van der Waals surface area contributed by atoms with E-state index < -0.39 is 5.82 Å². The SMILES string of the molecule is CC1CCCN(CCNC(=O)c2ccc(Cl)cc2F)C1. The van der Waals surface area contributed by atoms with Crippen molar-refractivity contribution in [2.24, 2.45) is 5.92 Å². The smallest absolute Gasteiger partial charge is 0.254 e. The minimum Gasteiger partial charge on any atom is -0.351 e. The van der Waals surface area contributed by atoms with Gasteiger partial charge in [0.2, 0.25) is 0 Å². The average molecular weight is 299 g/mol. The summed E-state index contributed by atoms with van der Waals surface area (Å²) in [7, 11) is 0. The summed E-state index contributed by atoms with van der Waals surface area (Å²) in [6.07, 6.45) is 2.49. The van der Waals surface area contributed by atoms with Crippen LogP contribution in [-0.2, 0) is 0 Å². The Hall–Kier alpha value is -1.13. The number of nitrogens with one attached hydrogen (secondary N) is 1. The second-order valence-electron chi connectivity index (χ2n) is 5.43. The fourth-order valence-corrected chi connectivity index (χ4v) is 2.74. The van der Waals surface area contributed by atoms with E-state index in [1.165, 1.54) is 25.0 Å². The molecule has 1 aliphatic heterocycles. The molecule has 0 aliphatic carbocycles. The molecule has 1 unspecified atom stereocenters. The lowest BCUT2D eigenvalue weighted by atomic mass is 10.0. The van der Waals surface area contributed by atoms with Gasteiger partial charge in [0.15, 0.2) is 0 Å². The molecule has 3 nitrogen and oxygen atoms in total. The van der Waals surface area contributed by atoms with Gasteiger partial charge >= 0.3 is 0 Å². The third kappa shape index (κ3) is 4.18. The van der Waals surface area contributed by atoms with Crippen molar-refractivity contribution in [2.75, 3.05) is 26.2 Å². The highest BCUT2D eigenvalue weighted by Crippen LogP contribution is 2.15. The van der Waals surface area contributed by atoms with Crippen molar-refractivity contribution < 1.29 is 9.18 Å². The van der Waals surface area contributed by atoms with Gasteiger partial charge in [-0.15, -0.1) is 0 Å². The van der Waals surface area contributed by atoms with Gasteiger partial charge in [0.1, 0.15) is 5.82 Å². The zero-order valence-electron chi connectivity index (χ0n) is 11.7. The normalized spacial score (nSPS) is 19.9. The van der Waals surface area contributed by atoms with Crippen LogP contribution in [0.25, 0.3) is 0 Å². The standard InChI is InChI=1S/C15H20ClFN2O/c1-11-3-2-7-19(10-11)8-6-18-15(20)13-5-4-12(16)9-14(13)17/h4-5,9,11H,2-3,6-8,10H2,1H3,(H,18,20). The second kappa shape index (κ2) is 7.04. The first-order chi connectivity index (χ1) is 9.56. The Bertz CT molecular complexity index is 481. The molecule has 0 radical (unpaired) electrons. The van der Waals surface area contributed by atoms with Crippen molar-refractivity contribution in [3.05, 3.63) is 34.6 Å². The molecule has 0 aromatic heterocycles. The van der Waals surface area contributed by atoms with Gasteiger partial charge in [-0.25, -0.2) is 4.39 Å². The molecule has 0 spiro atoms. The number of benzene rings is 1. The van der Waals surface area contributed by atoms with Crippen molar-refractivity contribution in [1.82, 2.24) is 10.2 Å². The highest BCUT2D eigenvalue weighted by molar-refractivity contribution is 6.30. The van der Waals surface area contributed by atoms with E-state index in [9.17, 15) is 9.18 Å². The Labute approximate surface area is 124 Å². The van der Waals surface area contributed by atoms with E-state index >= 15 is 0 Å². The predicted octanol–water partition coefficient (Wildman–Crippen LogP) is 2.94. The van der Waals surface area contributed by atoms with Crippen LogP contribution in [0.1, 0.15) is 30.1 Å². The molecule has 1 N–H and O–H groups in total. The quantitative estimate of drug-likeness (QED) is 0.927. The molecule has 1 saturated heterocycles. The highest BCUT2D eigenvalue weighted by atomic mass is 35.5. The summed E-state index contributed by atoms with van der Waals surface area (Å²) in [6, 6.07) is 4.09. The molecular formula is C15H20ClFN2O. The number of halogens is 2. The van der Waals surface area contributed by atoms with E-state index in [2.05, 4.69) is 17.1 Å². The van der Waals surface area contributed by atoms with Crippen LogP contribution in [0.5, 0.6) is 0 Å². The van der Waals surface area contributed by atoms with Gasteiger partial charge in [0.05, 0.1) is 5.56 Å². The Morgan fingerprint density at radius 1 is 1.55 bits per heavy atom. The van der Waals surface area contributed by atoms with E-state index in [1.807, 2.05) is 0 Å². The van der Waals surface area contributed by atoms with E-state index in [0.717, 1.165) is 25.7 Å². The maximum atomic E-state index is 13.6. The van der Waals surface area contributed by atoms with Crippen LogP contribution < -0.4 is 5.32 Å². The lowest BCUT2D eigenvalue weighted by molar-refractivity contribution is 0.0940. The molecule has 0 saturated carbocycles. The number of piperidine rings is 1. The summed E-state index contributed by atoms with van der Waals surface area (Å²) >= 11 is 5.66. The van der Waals surface area contributed by atoms with Crippen LogP contribution in [0.2, 0.25) is 5.02 Å². The maximum Gasteiger partial charge on any atom is 0.254 e. The van der Waals surface area contributed by atoms with Gasteiger partial charge < -0.3 is 10.2 Å². The van der Waals surface area contributed by atoms with Crippen LogP contribution in [-0.4, -0.2) is 37.0 Å². The van der Waals surface area contributed by atoms with E-state index in [1.54, 1.807) is 0 Å². The largest absolute Gasteiger partial charge is 0.351 e. The number of likely N-dealkylation sites (tertiary alicyclic amines) is 1. The van der Waals surface area contributed by atoms with Crippen molar-refractivity contribution in [2.45, 2.75) is 19.8 Å². The number of carbonyl (C=O) groups is 1. The van der Waals surface area contributed by atoms with Gasteiger partial charge in [0.25, 0.3) is 5.91 Å². The first-order valence-electron chi connectivity index (χ1n) is 7.02. The van der Waals surface area contributed by atoms with Crippen molar-refractivity contribution >= 4 is 17.5 Å². The molecule has 5 heteroatoms. The first kappa shape index (κ1) is 15.3. The molecule has 1 aliphatic rings. The number of carbonyl (C=O) groups excluding carboxylic acids is 1. The van der Waals surface area contributed by atoms with Gasteiger partial charge in [-0.3, -0.25) is 4.79 Å². The third-order valence-corrected chi connectivity index (χ3v) is 3.87. The van der Waals surface area contributed by atoms with E-state index in [0.29, 0.717) is 17.5 Å². The monoisotopic (exact) mass is 298 g/mol. The molecule has 1 amide bonds. The molecule has 0 bridgehead atoms. The zero-order chi connectivity index (χ0) is 14.5. The van der Waals surface area contributed by atoms with Crippen LogP contribution in [0, 0.1) is 11.7 Å². The Morgan fingerprint density at radius 3 is 3.05 bits per heavy atom. The summed E-state index contributed by atoms with van der Waals surface area (Å²) in [6.45, 7) is 5.74. The van der Waals surface area contributed by atoms with Crippen LogP contribution in [0.15, 0.2) is 18.2 Å². The average Bonchev–Trinajstić information content (AvgIpc) is 2.38. The minimum absolute atomic E-state index is 0.0430. The van der Waals surface area contributed by atoms with Crippen LogP contribution in [0.3, 0.4) is 0 Å². The summed E-state index contributed by atoms with van der Waals surface area (Å²) < 4.78 is 13.6. The molecular weight excluding hydrogens is 279 g/mol. The van der Waals surface area contributed by atoms with E-state index in [4.69, 9.17) is 11.6 Å². The molecule has 1 aromatic carbocycles. The lowest BCUT2D eigenvalue weighted by Crippen LogP contribution is -2.40. The molecule has 2 rings (SSSR count). The van der Waals surface area contributed by atoms with Gasteiger partial charge in [-0.05, 0) is 43.5 Å². The van der Waals surface area contributed by atoms with Crippen molar-refractivity contribution in [1.29, 1.82) is 0 Å². The minimum atomic E-state index is -0.582. The van der Waals surface area contributed by atoms with Crippen molar-refractivity contribution in [3.8, 4) is 0 Å². The van der Waals surface area contributed by atoms with Gasteiger partial charge in [-0.2, -0.15) is 0 Å². The third-order valence-electron chi connectivity index (χ3n) is 3.63. The summed E-state index contributed by atoms with van der Waals surface area (Å²) in [5, 5.41) is 3.05. The van der Waals surface area contributed by atoms with E-state index in [-0.39, 0.29) is 11.5 Å². The number of hydrogen-bond donors (Lipinski definition) is 1. The number of amides is 1. The molecule has 1 aromatic rings. The predicted molar refractivity (Wildman–Crippen MR) is 78.6 cm³/mol. The summed E-state index contributed by atoms with van der Waals surface area (Å²) in [4.78, 5) is 14.2. The second-order valence-corrected chi connectivity index (χ2v) is 5.86. The number of nitrogens with zero attached hydrogens (tertiary/aromatic N) is 1. The number of hydrogen-bond acceptors (Lipinski definition) is 2.